The lowest BCUT2D eigenvalue weighted by Gasteiger charge is -2.15. The average molecular weight is 577 g/mol. The summed E-state index contributed by atoms with van der Waals surface area (Å²) < 4.78 is 27.1. The predicted octanol–water partition coefficient (Wildman–Crippen LogP) is 7.11. The Labute approximate surface area is 247 Å². The number of aliphatic imine (C=N–C) groups is 1. The number of aryl methyl sites for hydroxylation is 2. The molecule has 0 unspecified atom stereocenters. The number of amidine groups is 1. The smallest absolute Gasteiger partial charge is 0.490 e. The van der Waals surface area contributed by atoms with Crippen LogP contribution in [0.5, 0.6) is 17.2 Å². The Morgan fingerprint density at radius 1 is 0.714 bits per heavy atom. The maximum atomic E-state index is 11.7. The summed E-state index contributed by atoms with van der Waals surface area (Å²) in [6, 6.07) is 19.0. The van der Waals surface area contributed by atoms with Crippen LogP contribution in [0.3, 0.4) is 0 Å². The molecule has 42 heavy (non-hydrogen) atoms. The zero-order chi connectivity index (χ0) is 30.3. The molecule has 0 saturated carbocycles. The third kappa shape index (κ3) is 9.54. The predicted molar refractivity (Wildman–Crippen MR) is 163 cm³/mol. The highest BCUT2D eigenvalue weighted by molar-refractivity contribution is 6.03. The summed E-state index contributed by atoms with van der Waals surface area (Å²) >= 11 is 0. The molecule has 0 bridgehead atoms. The number of amides is 1. The standard InChI is InChI=1S/C33H40N2O7/c1-5-9-26-21-25(23-11-13-24(14-12-23)31(34)35-32(36)38-7-3)15-17-29(26)40-19-20-41-30-18-16-28(22-27(30)10-6-2)42-33(37)39-8-4/h11-18,21-22H,5-10,19-20H2,1-4H3,(H2,34,35,36). The molecule has 0 atom stereocenters. The van der Waals surface area contributed by atoms with Crippen molar-refractivity contribution in [2.24, 2.45) is 10.7 Å². The first kappa shape index (κ1) is 32.0. The van der Waals surface area contributed by atoms with Gasteiger partial charge in [-0.15, -0.1) is 0 Å². The minimum atomic E-state index is -0.724. The van der Waals surface area contributed by atoms with Crippen LogP contribution in [0.15, 0.2) is 65.7 Å². The summed E-state index contributed by atoms with van der Waals surface area (Å²) in [5.41, 5.74) is 10.7. The van der Waals surface area contributed by atoms with Crippen molar-refractivity contribution in [1.82, 2.24) is 0 Å². The van der Waals surface area contributed by atoms with Gasteiger partial charge in [0.15, 0.2) is 0 Å². The molecule has 0 aliphatic carbocycles. The quantitative estimate of drug-likeness (QED) is 0.0709. The van der Waals surface area contributed by atoms with Crippen molar-refractivity contribution in [2.45, 2.75) is 53.4 Å². The van der Waals surface area contributed by atoms with Gasteiger partial charge >= 0.3 is 12.2 Å². The molecule has 224 valence electrons. The van der Waals surface area contributed by atoms with Crippen LogP contribution < -0.4 is 19.9 Å². The van der Waals surface area contributed by atoms with Crippen LogP contribution in [0, 0.1) is 0 Å². The van der Waals surface area contributed by atoms with E-state index in [1.54, 1.807) is 26.0 Å². The molecule has 0 saturated heterocycles. The molecule has 9 heteroatoms. The number of hydrogen-bond acceptors (Lipinski definition) is 7. The Morgan fingerprint density at radius 2 is 1.29 bits per heavy atom. The number of nitrogens with two attached hydrogens (primary N) is 1. The molecular weight excluding hydrogens is 536 g/mol. The zero-order valence-electron chi connectivity index (χ0n) is 24.8. The second-order valence-corrected chi connectivity index (χ2v) is 9.35. The molecule has 0 aromatic heterocycles. The lowest BCUT2D eigenvalue weighted by atomic mass is 9.99. The molecule has 0 fully saturated rings. The molecule has 0 spiro atoms. The minimum Gasteiger partial charge on any atom is -0.490 e. The van der Waals surface area contributed by atoms with Crippen molar-refractivity contribution in [2.75, 3.05) is 26.4 Å². The number of carbonyl (C=O) groups is 2. The summed E-state index contributed by atoms with van der Waals surface area (Å²) in [5.74, 6) is 2.09. The van der Waals surface area contributed by atoms with E-state index in [2.05, 4.69) is 24.9 Å². The van der Waals surface area contributed by atoms with Crippen molar-refractivity contribution in [1.29, 1.82) is 0 Å². The van der Waals surface area contributed by atoms with Gasteiger partial charge in [0, 0.05) is 5.56 Å². The number of nitrogens with zero attached hydrogens (tertiary/aromatic N) is 1. The maximum Gasteiger partial charge on any atom is 0.513 e. The number of ether oxygens (including phenoxy) is 5. The Kier molecular flexibility index (Phi) is 12.7. The fourth-order valence-electron chi connectivity index (χ4n) is 4.29. The molecule has 3 aromatic carbocycles. The van der Waals surface area contributed by atoms with E-state index in [9.17, 15) is 9.59 Å². The van der Waals surface area contributed by atoms with Crippen molar-refractivity contribution in [3.05, 3.63) is 77.4 Å². The van der Waals surface area contributed by atoms with Crippen molar-refractivity contribution in [3.8, 4) is 28.4 Å². The normalized spacial score (nSPS) is 11.1. The molecule has 9 nitrogen and oxygen atoms in total. The van der Waals surface area contributed by atoms with E-state index in [0.717, 1.165) is 59.4 Å². The van der Waals surface area contributed by atoms with Gasteiger partial charge in [-0.25, -0.2) is 9.59 Å². The van der Waals surface area contributed by atoms with Crippen LogP contribution in [0.25, 0.3) is 11.1 Å². The van der Waals surface area contributed by atoms with Crippen LogP contribution >= 0.6 is 0 Å². The first-order chi connectivity index (χ1) is 20.4. The number of benzene rings is 3. The Hall–Kier alpha value is -4.53. The van der Waals surface area contributed by atoms with E-state index in [1.807, 2.05) is 42.5 Å². The molecule has 3 aromatic rings. The van der Waals surface area contributed by atoms with Crippen LogP contribution in [-0.4, -0.2) is 44.5 Å². The highest BCUT2D eigenvalue weighted by Gasteiger charge is 2.11. The Morgan fingerprint density at radius 3 is 1.88 bits per heavy atom. The van der Waals surface area contributed by atoms with Crippen LogP contribution in [-0.2, 0) is 22.3 Å². The van der Waals surface area contributed by atoms with Crippen LogP contribution in [0.4, 0.5) is 9.59 Å². The molecule has 2 N–H and O–H groups in total. The van der Waals surface area contributed by atoms with E-state index in [1.165, 1.54) is 0 Å². The second kappa shape index (κ2) is 16.7. The van der Waals surface area contributed by atoms with Gasteiger partial charge in [-0.3, -0.25) is 0 Å². The molecule has 3 rings (SSSR count). The van der Waals surface area contributed by atoms with E-state index in [-0.39, 0.29) is 19.0 Å². The summed E-state index contributed by atoms with van der Waals surface area (Å²) in [6.07, 6.45) is 2.10. The first-order valence-electron chi connectivity index (χ1n) is 14.4. The molecule has 0 aliphatic rings. The fourth-order valence-corrected chi connectivity index (χ4v) is 4.29. The molecule has 1 amide bonds. The summed E-state index contributed by atoms with van der Waals surface area (Å²) in [5, 5.41) is 0. The van der Waals surface area contributed by atoms with Gasteiger partial charge in [-0.2, -0.15) is 4.99 Å². The van der Waals surface area contributed by atoms with E-state index >= 15 is 0 Å². The highest BCUT2D eigenvalue weighted by Crippen LogP contribution is 2.29. The van der Waals surface area contributed by atoms with Gasteiger partial charge in [0.25, 0.3) is 0 Å². The highest BCUT2D eigenvalue weighted by atomic mass is 16.7. The Balaban J connectivity index is 1.64. The van der Waals surface area contributed by atoms with Crippen LogP contribution in [0.2, 0.25) is 0 Å². The Bertz CT molecular complexity index is 1350. The molecule has 0 aliphatic heterocycles. The van der Waals surface area contributed by atoms with Gasteiger partial charge < -0.3 is 29.4 Å². The van der Waals surface area contributed by atoms with E-state index in [4.69, 9.17) is 29.4 Å². The summed E-state index contributed by atoms with van der Waals surface area (Å²) in [4.78, 5) is 27.0. The third-order valence-electron chi connectivity index (χ3n) is 6.19. The van der Waals surface area contributed by atoms with Gasteiger partial charge in [-0.1, -0.05) is 57.0 Å². The third-order valence-corrected chi connectivity index (χ3v) is 6.19. The largest absolute Gasteiger partial charge is 0.513 e. The minimum absolute atomic E-state index is 0.111. The van der Waals surface area contributed by atoms with Gasteiger partial charge in [0.2, 0.25) is 0 Å². The fraction of sp³-hybridized carbons (Fsp3) is 0.364. The zero-order valence-corrected chi connectivity index (χ0v) is 24.8. The number of hydrogen-bond donors (Lipinski definition) is 1. The van der Waals surface area contributed by atoms with Gasteiger partial charge in [-0.05, 0) is 79.3 Å². The van der Waals surface area contributed by atoms with Crippen molar-refractivity contribution >= 4 is 18.1 Å². The molecule has 0 radical (unpaired) electrons. The van der Waals surface area contributed by atoms with Gasteiger partial charge in [0.1, 0.15) is 36.3 Å². The lowest BCUT2D eigenvalue weighted by Crippen LogP contribution is -2.16. The molecule has 0 heterocycles. The first-order valence-corrected chi connectivity index (χ1v) is 14.4. The lowest BCUT2D eigenvalue weighted by molar-refractivity contribution is 0.104. The summed E-state index contributed by atoms with van der Waals surface area (Å²) in [7, 11) is 0. The topological polar surface area (TPSA) is 119 Å². The van der Waals surface area contributed by atoms with E-state index < -0.39 is 12.2 Å². The number of carbonyl (C=O) groups excluding carboxylic acids is 2. The SMILES string of the molecule is CCCc1cc(OC(=O)OCC)ccc1OCCOc1ccc(-c2ccc(/C(N)=N\C(=O)OCC)cc2)cc1CCC. The van der Waals surface area contributed by atoms with E-state index in [0.29, 0.717) is 24.5 Å². The summed E-state index contributed by atoms with van der Waals surface area (Å²) in [6.45, 7) is 8.87. The maximum absolute atomic E-state index is 11.7. The van der Waals surface area contributed by atoms with Crippen molar-refractivity contribution < 1.29 is 33.3 Å². The van der Waals surface area contributed by atoms with Crippen LogP contribution in [0.1, 0.15) is 57.2 Å². The van der Waals surface area contributed by atoms with Gasteiger partial charge in [0.05, 0.1) is 13.2 Å². The number of rotatable bonds is 14. The monoisotopic (exact) mass is 576 g/mol. The molecular formula is C33H40N2O7. The second-order valence-electron chi connectivity index (χ2n) is 9.35. The van der Waals surface area contributed by atoms with Crippen molar-refractivity contribution in [3.63, 3.8) is 0 Å². The average Bonchev–Trinajstić information content (AvgIpc) is 2.97.